The molecule has 4 heteroatoms. The highest BCUT2D eigenvalue weighted by Gasteiger charge is 2.18. The molecular formula is C11H16ClN3. The summed E-state index contributed by atoms with van der Waals surface area (Å²) < 4.78 is 0. The molecule has 0 radical (unpaired) electrons. The lowest BCUT2D eigenvalue weighted by Gasteiger charge is -2.27. The Morgan fingerprint density at radius 2 is 2.07 bits per heavy atom. The second-order valence-corrected chi connectivity index (χ2v) is 4.77. The van der Waals surface area contributed by atoms with Gasteiger partial charge in [0.1, 0.15) is 0 Å². The van der Waals surface area contributed by atoms with E-state index in [-0.39, 0.29) is 0 Å². The van der Waals surface area contributed by atoms with Crippen LogP contribution in [0.1, 0.15) is 32.6 Å². The van der Waals surface area contributed by atoms with Gasteiger partial charge in [-0.1, -0.05) is 31.4 Å². The fourth-order valence-corrected chi connectivity index (χ4v) is 2.23. The van der Waals surface area contributed by atoms with Crippen LogP contribution in [0, 0.1) is 5.92 Å². The first-order valence-electron chi connectivity index (χ1n) is 5.48. The van der Waals surface area contributed by atoms with Gasteiger partial charge in [-0.25, -0.2) is 9.97 Å². The van der Waals surface area contributed by atoms with Crippen LogP contribution in [0.4, 0.5) is 5.95 Å². The molecule has 82 valence electrons. The van der Waals surface area contributed by atoms with Crippen molar-refractivity contribution in [2.75, 3.05) is 5.32 Å². The van der Waals surface area contributed by atoms with Crippen molar-refractivity contribution < 1.29 is 0 Å². The van der Waals surface area contributed by atoms with Crippen molar-refractivity contribution in [1.82, 2.24) is 9.97 Å². The molecule has 0 aromatic carbocycles. The van der Waals surface area contributed by atoms with Gasteiger partial charge >= 0.3 is 0 Å². The van der Waals surface area contributed by atoms with Crippen LogP contribution in [0.15, 0.2) is 12.4 Å². The largest absolute Gasteiger partial charge is 0.351 e. The summed E-state index contributed by atoms with van der Waals surface area (Å²) in [6.45, 7) is 2.30. The van der Waals surface area contributed by atoms with E-state index < -0.39 is 0 Å². The molecule has 2 unspecified atom stereocenters. The monoisotopic (exact) mass is 225 g/mol. The maximum absolute atomic E-state index is 5.72. The summed E-state index contributed by atoms with van der Waals surface area (Å²) in [6.07, 6.45) is 8.33. The van der Waals surface area contributed by atoms with Crippen LogP contribution in [0.2, 0.25) is 5.02 Å². The number of rotatable bonds is 2. The molecule has 1 heterocycles. The molecule has 0 bridgehead atoms. The van der Waals surface area contributed by atoms with Crippen LogP contribution >= 0.6 is 11.6 Å². The van der Waals surface area contributed by atoms with Gasteiger partial charge in [0.05, 0.1) is 17.4 Å². The van der Waals surface area contributed by atoms with E-state index in [1.807, 2.05) is 0 Å². The third kappa shape index (κ3) is 3.06. The van der Waals surface area contributed by atoms with Crippen LogP contribution in [0.25, 0.3) is 0 Å². The van der Waals surface area contributed by atoms with Crippen LogP contribution in [0.3, 0.4) is 0 Å². The summed E-state index contributed by atoms with van der Waals surface area (Å²) in [6, 6.07) is 0.523. The van der Waals surface area contributed by atoms with Gasteiger partial charge in [-0.2, -0.15) is 0 Å². The first-order valence-corrected chi connectivity index (χ1v) is 5.86. The van der Waals surface area contributed by atoms with Gasteiger partial charge in [0, 0.05) is 6.04 Å². The molecule has 1 saturated carbocycles. The molecule has 2 rings (SSSR count). The number of anilines is 1. The van der Waals surface area contributed by atoms with E-state index in [1.165, 1.54) is 25.7 Å². The van der Waals surface area contributed by atoms with Gasteiger partial charge in [-0.05, 0) is 18.8 Å². The lowest BCUT2D eigenvalue weighted by molar-refractivity contribution is 0.357. The molecular weight excluding hydrogens is 210 g/mol. The van der Waals surface area contributed by atoms with Crippen LogP contribution in [0.5, 0.6) is 0 Å². The maximum atomic E-state index is 5.72. The molecule has 0 spiro atoms. The third-order valence-corrected chi connectivity index (χ3v) is 3.09. The van der Waals surface area contributed by atoms with Crippen molar-refractivity contribution in [3.8, 4) is 0 Å². The molecule has 15 heavy (non-hydrogen) atoms. The van der Waals surface area contributed by atoms with Crippen molar-refractivity contribution in [3.63, 3.8) is 0 Å². The second kappa shape index (κ2) is 4.79. The van der Waals surface area contributed by atoms with E-state index in [0.717, 1.165) is 5.92 Å². The highest BCUT2D eigenvalue weighted by Crippen LogP contribution is 2.25. The predicted molar refractivity (Wildman–Crippen MR) is 62.1 cm³/mol. The fraction of sp³-hybridized carbons (Fsp3) is 0.636. The minimum atomic E-state index is 0.523. The number of hydrogen-bond acceptors (Lipinski definition) is 3. The Morgan fingerprint density at radius 1 is 1.33 bits per heavy atom. The minimum absolute atomic E-state index is 0.523. The van der Waals surface area contributed by atoms with Crippen LogP contribution in [-0.2, 0) is 0 Å². The van der Waals surface area contributed by atoms with Gasteiger partial charge in [-0.3, -0.25) is 0 Å². The minimum Gasteiger partial charge on any atom is -0.351 e. The highest BCUT2D eigenvalue weighted by molar-refractivity contribution is 6.30. The van der Waals surface area contributed by atoms with Crippen LogP contribution < -0.4 is 5.32 Å². The van der Waals surface area contributed by atoms with Crippen molar-refractivity contribution >= 4 is 17.5 Å². The summed E-state index contributed by atoms with van der Waals surface area (Å²) in [5.74, 6) is 1.50. The predicted octanol–water partition coefficient (Wildman–Crippen LogP) is 3.12. The average molecular weight is 226 g/mol. The van der Waals surface area contributed by atoms with E-state index in [9.17, 15) is 0 Å². The summed E-state index contributed by atoms with van der Waals surface area (Å²) in [7, 11) is 0. The zero-order valence-electron chi connectivity index (χ0n) is 8.91. The molecule has 0 amide bonds. The SMILES string of the molecule is CC1CCCC(Nc2ncc(Cl)cn2)C1. The van der Waals surface area contributed by atoms with Crippen molar-refractivity contribution in [1.29, 1.82) is 0 Å². The third-order valence-electron chi connectivity index (χ3n) is 2.89. The van der Waals surface area contributed by atoms with E-state index in [1.54, 1.807) is 12.4 Å². The van der Waals surface area contributed by atoms with Crippen molar-refractivity contribution in [3.05, 3.63) is 17.4 Å². The molecule has 2 atom stereocenters. The van der Waals surface area contributed by atoms with Crippen molar-refractivity contribution in [2.24, 2.45) is 5.92 Å². The van der Waals surface area contributed by atoms with E-state index >= 15 is 0 Å². The standard InChI is InChI=1S/C11H16ClN3/c1-8-3-2-4-10(5-8)15-11-13-6-9(12)7-14-11/h6-8,10H,2-5H2,1H3,(H,13,14,15). The fourth-order valence-electron chi connectivity index (χ4n) is 2.13. The second-order valence-electron chi connectivity index (χ2n) is 4.34. The molecule has 0 saturated heterocycles. The Balaban J connectivity index is 1.93. The first kappa shape index (κ1) is 10.7. The smallest absolute Gasteiger partial charge is 0.222 e. The molecule has 0 aliphatic heterocycles. The summed E-state index contributed by atoms with van der Waals surface area (Å²) in [5.41, 5.74) is 0. The molecule has 1 aromatic heterocycles. The van der Waals surface area contributed by atoms with Gasteiger partial charge in [0.15, 0.2) is 0 Å². The lowest BCUT2D eigenvalue weighted by Crippen LogP contribution is -2.27. The topological polar surface area (TPSA) is 37.8 Å². The number of aromatic nitrogens is 2. The molecule has 3 nitrogen and oxygen atoms in total. The number of nitrogens with one attached hydrogen (secondary N) is 1. The van der Waals surface area contributed by atoms with Crippen molar-refractivity contribution in [2.45, 2.75) is 38.6 Å². The van der Waals surface area contributed by atoms with Gasteiger partial charge < -0.3 is 5.32 Å². The molecule has 1 aliphatic rings. The lowest BCUT2D eigenvalue weighted by atomic mass is 9.87. The Kier molecular flexibility index (Phi) is 3.41. The summed E-state index contributed by atoms with van der Waals surface area (Å²) in [5, 5.41) is 3.94. The molecule has 1 N–H and O–H groups in total. The number of nitrogens with zero attached hydrogens (tertiary/aromatic N) is 2. The summed E-state index contributed by atoms with van der Waals surface area (Å²) in [4.78, 5) is 8.29. The normalized spacial score (nSPS) is 26.3. The quantitative estimate of drug-likeness (QED) is 0.841. The van der Waals surface area contributed by atoms with Gasteiger partial charge in [0.25, 0.3) is 0 Å². The Morgan fingerprint density at radius 3 is 2.73 bits per heavy atom. The van der Waals surface area contributed by atoms with E-state index in [4.69, 9.17) is 11.6 Å². The molecule has 1 aromatic rings. The summed E-state index contributed by atoms with van der Waals surface area (Å²) >= 11 is 5.72. The highest BCUT2D eigenvalue weighted by atomic mass is 35.5. The Hall–Kier alpha value is -0.830. The average Bonchev–Trinajstić information content (AvgIpc) is 2.22. The number of halogens is 1. The van der Waals surface area contributed by atoms with E-state index in [2.05, 4.69) is 22.2 Å². The maximum Gasteiger partial charge on any atom is 0.222 e. The van der Waals surface area contributed by atoms with Gasteiger partial charge in [-0.15, -0.1) is 0 Å². The van der Waals surface area contributed by atoms with Crippen LogP contribution in [-0.4, -0.2) is 16.0 Å². The molecule has 1 fully saturated rings. The Labute approximate surface area is 95.3 Å². The number of hydrogen-bond donors (Lipinski definition) is 1. The molecule has 1 aliphatic carbocycles. The Bertz CT molecular complexity index is 312. The first-order chi connectivity index (χ1) is 7.24. The zero-order valence-corrected chi connectivity index (χ0v) is 9.67. The van der Waals surface area contributed by atoms with E-state index in [0.29, 0.717) is 17.0 Å². The zero-order chi connectivity index (χ0) is 10.7. The van der Waals surface area contributed by atoms with Gasteiger partial charge in [0.2, 0.25) is 5.95 Å².